The molecule has 0 aliphatic carbocycles. The zero-order chi connectivity index (χ0) is 11.6. The maximum atomic E-state index is 8.73. The Balaban J connectivity index is 1.98. The Labute approximate surface area is 94.1 Å². The summed E-state index contributed by atoms with van der Waals surface area (Å²) in [5.74, 6) is 0. The van der Waals surface area contributed by atoms with Gasteiger partial charge in [-0.2, -0.15) is 4.98 Å². The van der Waals surface area contributed by atoms with Gasteiger partial charge in [0.2, 0.25) is 0 Å². The Hall–Kier alpha value is -1.11. The summed E-state index contributed by atoms with van der Waals surface area (Å²) in [4.78, 5) is 3.88. The van der Waals surface area contributed by atoms with Gasteiger partial charge in [-0.05, 0) is 0 Å². The van der Waals surface area contributed by atoms with Crippen LogP contribution in [0.2, 0.25) is 0 Å². The van der Waals surface area contributed by atoms with Crippen molar-refractivity contribution in [1.29, 1.82) is 0 Å². The normalized spacial score (nSPS) is 10.6. The monoisotopic (exact) mass is 231 g/mol. The van der Waals surface area contributed by atoms with Crippen LogP contribution in [0, 0.1) is 0 Å². The first kappa shape index (κ1) is 13.0. The van der Waals surface area contributed by atoms with Crippen LogP contribution in [0.1, 0.15) is 12.1 Å². The van der Waals surface area contributed by atoms with Crippen LogP contribution in [0.3, 0.4) is 0 Å². The van der Waals surface area contributed by atoms with Crippen LogP contribution in [0.4, 0.5) is 0 Å². The number of oxazole rings is 1. The number of aliphatic hydroxyl groups excluding tert-OH is 1. The second-order valence-electron chi connectivity index (χ2n) is 3.07. The number of nitrogens with zero attached hydrogens (tertiary/aromatic N) is 1. The van der Waals surface area contributed by atoms with Crippen molar-refractivity contribution >= 4 is 0 Å². The predicted molar refractivity (Wildman–Crippen MR) is 55.2 cm³/mol. The molecule has 0 fully saturated rings. The molecule has 1 N–H and O–H groups in total. The molecule has 0 aliphatic rings. The second-order valence-corrected chi connectivity index (χ2v) is 3.07. The fourth-order valence-electron chi connectivity index (χ4n) is 0.992. The summed E-state index contributed by atoms with van der Waals surface area (Å²) in [6.07, 6.45) is 2.30. The van der Waals surface area contributed by atoms with Gasteiger partial charge in [-0.1, -0.05) is 0 Å². The lowest BCUT2D eigenvalue weighted by molar-refractivity contribution is 0.0625. The Kier molecular flexibility index (Phi) is 6.55. The SMILES string of the molecule is COCCOCCCOc1nc(CO)co1. The molecule has 1 aromatic heterocycles. The Morgan fingerprint density at radius 3 is 2.88 bits per heavy atom. The highest BCUT2D eigenvalue weighted by Gasteiger charge is 2.02. The van der Waals surface area contributed by atoms with E-state index in [-0.39, 0.29) is 12.7 Å². The van der Waals surface area contributed by atoms with Crippen LogP contribution >= 0.6 is 0 Å². The van der Waals surface area contributed by atoms with Gasteiger partial charge in [0, 0.05) is 20.1 Å². The molecule has 0 aromatic carbocycles. The molecule has 0 saturated carbocycles. The number of aliphatic hydroxyl groups is 1. The van der Waals surface area contributed by atoms with Gasteiger partial charge < -0.3 is 23.7 Å². The maximum Gasteiger partial charge on any atom is 0.393 e. The number of rotatable bonds is 9. The third-order valence-corrected chi connectivity index (χ3v) is 1.78. The van der Waals surface area contributed by atoms with Gasteiger partial charge in [-0.25, -0.2) is 0 Å². The average Bonchev–Trinajstić information content (AvgIpc) is 2.76. The van der Waals surface area contributed by atoms with E-state index in [1.54, 1.807) is 7.11 Å². The van der Waals surface area contributed by atoms with Crippen LogP contribution in [0.25, 0.3) is 0 Å². The minimum absolute atomic E-state index is 0.146. The molecule has 1 aromatic rings. The van der Waals surface area contributed by atoms with E-state index in [0.717, 1.165) is 6.42 Å². The first-order valence-corrected chi connectivity index (χ1v) is 5.11. The van der Waals surface area contributed by atoms with E-state index < -0.39 is 0 Å². The minimum atomic E-state index is -0.146. The molecule has 0 bridgehead atoms. The second kappa shape index (κ2) is 8.09. The predicted octanol–water partition coefficient (Wildman–Crippen LogP) is 0.599. The molecular formula is C10H17NO5. The number of ether oxygens (including phenoxy) is 3. The van der Waals surface area contributed by atoms with E-state index in [4.69, 9.17) is 23.7 Å². The van der Waals surface area contributed by atoms with Gasteiger partial charge in [0.05, 0.1) is 26.4 Å². The van der Waals surface area contributed by atoms with E-state index in [1.807, 2.05) is 0 Å². The highest BCUT2D eigenvalue weighted by molar-refractivity contribution is 4.97. The van der Waals surface area contributed by atoms with E-state index in [9.17, 15) is 0 Å². The van der Waals surface area contributed by atoms with E-state index in [1.165, 1.54) is 6.26 Å². The molecule has 1 rings (SSSR count). The van der Waals surface area contributed by atoms with E-state index >= 15 is 0 Å². The number of hydrogen-bond donors (Lipinski definition) is 1. The standard InChI is InChI=1S/C10H17NO5/c1-13-5-6-14-3-2-4-15-10-11-9(7-12)8-16-10/h8,12H,2-7H2,1H3. The van der Waals surface area contributed by atoms with Crippen molar-refractivity contribution in [3.05, 3.63) is 12.0 Å². The van der Waals surface area contributed by atoms with Crippen molar-refractivity contribution in [2.75, 3.05) is 33.5 Å². The fraction of sp³-hybridized carbons (Fsp3) is 0.700. The molecular weight excluding hydrogens is 214 g/mol. The number of hydrogen-bond acceptors (Lipinski definition) is 6. The Bertz CT molecular complexity index is 276. The lowest BCUT2D eigenvalue weighted by Crippen LogP contribution is -2.06. The quantitative estimate of drug-likeness (QED) is 0.627. The summed E-state index contributed by atoms with van der Waals surface area (Å²) in [5.41, 5.74) is 0.464. The van der Waals surface area contributed by atoms with Crippen LogP contribution in [-0.4, -0.2) is 43.6 Å². The molecule has 92 valence electrons. The molecule has 6 nitrogen and oxygen atoms in total. The lowest BCUT2D eigenvalue weighted by Gasteiger charge is -2.03. The van der Waals surface area contributed by atoms with Gasteiger partial charge in [-0.15, -0.1) is 0 Å². The summed E-state index contributed by atoms with van der Waals surface area (Å²) in [6.45, 7) is 2.12. The summed E-state index contributed by atoms with van der Waals surface area (Å²) >= 11 is 0. The average molecular weight is 231 g/mol. The van der Waals surface area contributed by atoms with E-state index in [0.29, 0.717) is 32.1 Å². The molecule has 16 heavy (non-hydrogen) atoms. The van der Waals surface area contributed by atoms with E-state index in [2.05, 4.69) is 4.98 Å². The van der Waals surface area contributed by atoms with Crippen molar-refractivity contribution in [2.45, 2.75) is 13.0 Å². The number of aromatic nitrogens is 1. The Morgan fingerprint density at radius 2 is 2.19 bits per heavy atom. The third kappa shape index (κ3) is 5.11. The number of methoxy groups -OCH3 is 1. The molecule has 0 saturated heterocycles. The minimum Gasteiger partial charge on any atom is -0.450 e. The van der Waals surface area contributed by atoms with Crippen LogP contribution in [-0.2, 0) is 16.1 Å². The summed E-state index contributed by atoms with van der Waals surface area (Å²) in [7, 11) is 1.63. The van der Waals surface area contributed by atoms with Crippen LogP contribution in [0.5, 0.6) is 6.08 Å². The van der Waals surface area contributed by atoms with Crippen LogP contribution in [0.15, 0.2) is 10.7 Å². The topological polar surface area (TPSA) is 74.0 Å². The Morgan fingerprint density at radius 1 is 1.31 bits per heavy atom. The molecule has 1 heterocycles. The first-order valence-electron chi connectivity index (χ1n) is 5.11. The third-order valence-electron chi connectivity index (χ3n) is 1.78. The molecule has 0 aliphatic heterocycles. The zero-order valence-corrected chi connectivity index (χ0v) is 9.35. The van der Waals surface area contributed by atoms with Crippen molar-refractivity contribution in [2.24, 2.45) is 0 Å². The lowest BCUT2D eigenvalue weighted by atomic mass is 10.5. The highest BCUT2D eigenvalue weighted by atomic mass is 16.6. The first-order chi connectivity index (χ1) is 7.86. The molecule has 0 amide bonds. The fourth-order valence-corrected chi connectivity index (χ4v) is 0.992. The van der Waals surface area contributed by atoms with Gasteiger partial charge in [0.1, 0.15) is 12.0 Å². The molecule has 0 atom stereocenters. The molecule has 0 spiro atoms. The van der Waals surface area contributed by atoms with Gasteiger partial charge in [-0.3, -0.25) is 0 Å². The maximum absolute atomic E-state index is 8.73. The van der Waals surface area contributed by atoms with Crippen LogP contribution < -0.4 is 4.74 Å². The largest absolute Gasteiger partial charge is 0.450 e. The van der Waals surface area contributed by atoms with Crippen molar-refractivity contribution in [3.63, 3.8) is 0 Å². The molecule has 0 radical (unpaired) electrons. The zero-order valence-electron chi connectivity index (χ0n) is 9.35. The molecule has 0 unspecified atom stereocenters. The van der Waals surface area contributed by atoms with Gasteiger partial charge in [0.25, 0.3) is 0 Å². The smallest absolute Gasteiger partial charge is 0.393 e. The van der Waals surface area contributed by atoms with Crippen molar-refractivity contribution < 1.29 is 23.7 Å². The summed E-state index contributed by atoms with van der Waals surface area (Å²) in [5, 5.41) is 8.73. The van der Waals surface area contributed by atoms with Gasteiger partial charge in [0.15, 0.2) is 0 Å². The highest BCUT2D eigenvalue weighted by Crippen LogP contribution is 2.09. The van der Waals surface area contributed by atoms with Crippen molar-refractivity contribution in [1.82, 2.24) is 4.98 Å². The summed E-state index contributed by atoms with van der Waals surface area (Å²) < 4.78 is 20.2. The van der Waals surface area contributed by atoms with Crippen molar-refractivity contribution in [3.8, 4) is 6.08 Å². The molecule has 6 heteroatoms. The summed E-state index contributed by atoms with van der Waals surface area (Å²) in [6, 6.07) is 0. The van der Waals surface area contributed by atoms with Gasteiger partial charge >= 0.3 is 6.08 Å².